The molecule has 0 unspecified atom stereocenters. The van der Waals surface area contributed by atoms with Crippen LogP contribution in [-0.4, -0.2) is 11.3 Å². The Kier molecular flexibility index (Phi) is 5.62. The van der Waals surface area contributed by atoms with Crippen LogP contribution < -0.4 is 16.0 Å². The molecule has 0 radical (unpaired) electrons. The lowest BCUT2D eigenvalue weighted by atomic mass is 10.1. The summed E-state index contributed by atoms with van der Waals surface area (Å²) in [5.74, 6) is 5.13. The number of nitrogen functional groups attached to an aromatic ring is 1. The maximum absolute atomic E-state index is 12.2. The highest BCUT2D eigenvalue weighted by molar-refractivity contribution is 5.92. The number of fused-ring (bicyclic) bond motifs is 1. The summed E-state index contributed by atoms with van der Waals surface area (Å²) in [6.45, 7) is 1.99. The number of halogens is 4. The molecule has 2 rings (SSSR count). The standard InChI is InChI=1S/C13H14F3N3O.ClH/c1-2-3-8-6-12(19-17)10-5-4-9(7-11(10)18-8)20-13(14,15)16;/h4-7H,2-3,17H2,1H3,(H,18,19);1H. The van der Waals surface area contributed by atoms with Gasteiger partial charge >= 0.3 is 6.36 Å². The highest BCUT2D eigenvalue weighted by atomic mass is 35.5. The molecule has 0 amide bonds. The van der Waals surface area contributed by atoms with Gasteiger partial charge in [0.2, 0.25) is 0 Å². The van der Waals surface area contributed by atoms with Crippen molar-refractivity contribution in [3.8, 4) is 5.75 Å². The van der Waals surface area contributed by atoms with E-state index in [4.69, 9.17) is 5.84 Å². The Hall–Kier alpha value is -1.73. The lowest BCUT2D eigenvalue weighted by Crippen LogP contribution is -2.17. The Balaban J connectivity index is 0.00000220. The SMILES string of the molecule is CCCc1cc(NN)c2ccc(OC(F)(F)F)cc2n1.Cl. The normalized spacial score (nSPS) is 11.1. The molecule has 1 aromatic heterocycles. The van der Waals surface area contributed by atoms with Gasteiger partial charge in [-0.25, -0.2) is 0 Å². The molecule has 4 nitrogen and oxygen atoms in total. The fourth-order valence-electron chi connectivity index (χ4n) is 1.96. The molecule has 2 aromatic rings. The van der Waals surface area contributed by atoms with E-state index < -0.39 is 6.36 Å². The van der Waals surface area contributed by atoms with Gasteiger partial charge in [0.1, 0.15) is 5.75 Å². The zero-order valence-corrected chi connectivity index (χ0v) is 12.0. The predicted octanol–water partition coefficient (Wildman–Crippen LogP) is 3.79. The fraction of sp³-hybridized carbons (Fsp3) is 0.308. The minimum Gasteiger partial charge on any atom is -0.406 e. The van der Waals surface area contributed by atoms with Gasteiger partial charge in [0.05, 0.1) is 11.2 Å². The number of hydrazine groups is 1. The van der Waals surface area contributed by atoms with E-state index >= 15 is 0 Å². The van der Waals surface area contributed by atoms with E-state index in [2.05, 4.69) is 15.1 Å². The molecule has 0 aliphatic rings. The van der Waals surface area contributed by atoms with Crippen molar-refractivity contribution in [1.82, 2.24) is 4.98 Å². The first-order valence-electron chi connectivity index (χ1n) is 6.09. The number of pyridine rings is 1. The minimum absolute atomic E-state index is 0. The van der Waals surface area contributed by atoms with Gasteiger partial charge in [0, 0.05) is 17.1 Å². The van der Waals surface area contributed by atoms with E-state index in [9.17, 15) is 13.2 Å². The van der Waals surface area contributed by atoms with Crippen LogP contribution in [0.1, 0.15) is 19.0 Å². The largest absolute Gasteiger partial charge is 0.573 e. The van der Waals surface area contributed by atoms with E-state index in [1.54, 1.807) is 6.07 Å². The third-order valence-electron chi connectivity index (χ3n) is 2.73. The average molecular weight is 322 g/mol. The Bertz CT molecular complexity index is 619. The molecule has 0 spiro atoms. The van der Waals surface area contributed by atoms with Crippen LogP contribution in [0.3, 0.4) is 0 Å². The summed E-state index contributed by atoms with van der Waals surface area (Å²) in [5.41, 5.74) is 4.32. The molecule has 8 heteroatoms. The van der Waals surface area contributed by atoms with E-state index in [0.29, 0.717) is 16.6 Å². The minimum atomic E-state index is -4.72. The van der Waals surface area contributed by atoms with Gasteiger partial charge in [-0.1, -0.05) is 13.3 Å². The van der Waals surface area contributed by atoms with Gasteiger partial charge in [-0.2, -0.15) is 0 Å². The number of benzene rings is 1. The lowest BCUT2D eigenvalue weighted by molar-refractivity contribution is -0.274. The fourth-order valence-corrected chi connectivity index (χ4v) is 1.96. The maximum Gasteiger partial charge on any atom is 0.573 e. The van der Waals surface area contributed by atoms with Crippen LogP contribution in [0.5, 0.6) is 5.75 Å². The van der Waals surface area contributed by atoms with Gasteiger partial charge in [-0.05, 0) is 24.6 Å². The molecule has 0 bridgehead atoms. The van der Waals surface area contributed by atoms with E-state index in [1.165, 1.54) is 18.2 Å². The maximum atomic E-state index is 12.2. The van der Waals surface area contributed by atoms with Crippen LogP contribution in [-0.2, 0) is 6.42 Å². The van der Waals surface area contributed by atoms with Crippen molar-refractivity contribution in [3.63, 3.8) is 0 Å². The van der Waals surface area contributed by atoms with Crippen molar-refractivity contribution in [1.29, 1.82) is 0 Å². The summed E-state index contributed by atoms with van der Waals surface area (Å²) >= 11 is 0. The van der Waals surface area contributed by atoms with Crippen molar-refractivity contribution < 1.29 is 17.9 Å². The Labute approximate surface area is 125 Å². The van der Waals surface area contributed by atoms with E-state index in [1.807, 2.05) is 6.92 Å². The molecule has 0 fully saturated rings. The summed E-state index contributed by atoms with van der Waals surface area (Å²) in [6, 6.07) is 5.77. The summed E-state index contributed by atoms with van der Waals surface area (Å²) in [7, 11) is 0. The Morgan fingerprint density at radius 3 is 2.57 bits per heavy atom. The molecule has 3 N–H and O–H groups in total. The molecule has 0 atom stereocenters. The van der Waals surface area contributed by atoms with Crippen LogP contribution in [0, 0.1) is 0 Å². The molecule has 1 heterocycles. The second-order valence-corrected chi connectivity index (χ2v) is 4.28. The monoisotopic (exact) mass is 321 g/mol. The number of nitrogens with zero attached hydrogens (tertiary/aromatic N) is 1. The zero-order chi connectivity index (χ0) is 14.8. The number of nitrogens with one attached hydrogen (secondary N) is 1. The highest BCUT2D eigenvalue weighted by Gasteiger charge is 2.31. The lowest BCUT2D eigenvalue weighted by Gasteiger charge is -2.12. The molecule has 0 saturated heterocycles. The summed E-state index contributed by atoms with van der Waals surface area (Å²) in [4.78, 5) is 4.32. The second-order valence-electron chi connectivity index (χ2n) is 4.28. The Morgan fingerprint density at radius 2 is 2.00 bits per heavy atom. The number of aryl methyl sites for hydroxylation is 1. The highest BCUT2D eigenvalue weighted by Crippen LogP contribution is 2.29. The van der Waals surface area contributed by atoms with Gasteiger partial charge < -0.3 is 10.2 Å². The zero-order valence-electron chi connectivity index (χ0n) is 11.2. The summed E-state index contributed by atoms with van der Waals surface area (Å²) < 4.78 is 40.5. The number of hydrogen-bond acceptors (Lipinski definition) is 4. The number of aromatic nitrogens is 1. The van der Waals surface area contributed by atoms with Crippen molar-refractivity contribution in [2.75, 3.05) is 5.43 Å². The number of alkyl halides is 3. The van der Waals surface area contributed by atoms with Gasteiger partial charge in [-0.15, -0.1) is 25.6 Å². The number of rotatable bonds is 4. The smallest absolute Gasteiger partial charge is 0.406 e. The van der Waals surface area contributed by atoms with Crippen molar-refractivity contribution in [2.24, 2.45) is 5.84 Å². The van der Waals surface area contributed by atoms with Crippen molar-refractivity contribution >= 4 is 29.0 Å². The van der Waals surface area contributed by atoms with Crippen LogP contribution in [0.15, 0.2) is 24.3 Å². The first kappa shape index (κ1) is 17.3. The van der Waals surface area contributed by atoms with Gasteiger partial charge in [0.25, 0.3) is 0 Å². The molecule has 1 aromatic carbocycles. The van der Waals surface area contributed by atoms with Gasteiger partial charge in [-0.3, -0.25) is 10.8 Å². The molecule has 116 valence electrons. The topological polar surface area (TPSA) is 60.2 Å². The van der Waals surface area contributed by atoms with Crippen LogP contribution in [0.4, 0.5) is 18.9 Å². The molecule has 21 heavy (non-hydrogen) atoms. The number of hydrogen-bond donors (Lipinski definition) is 2. The number of anilines is 1. The number of ether oxygens (including phenoxy) is 1. The molecule has 0 aliphatic heterocycles. The quantitative estimate of drug-likeness (QED) is 0.664. The van der Waals surface area contributed by atoms with Crippen LogP contribution >= 0.6 is 12.4 Å². The Morgan fingerprint density at radius 1 is 1.29 bits per heavy atom. The molecule has 0 saturated carbocycles. The van der Waals surface area contributed by atoms with Crippen LogP contribution in [0.25, 0.3) is 10.9 Å². The van der Waals surface area contributed by atoms with E-state index in [0.717, 1.165) is 18.5 Å². The van der Waals surface area contributed by atoms with Crippen molar-refractivity contribution in [2.45, 2.75) is 26.1 Å². The molecular weight excluding hydrogens is 307 g/mol. The molecular formula is C13H15ClF3N3O. The third kappa shape index (κ3) is 4.37. The summed E-state index contributed by atoms with van der Waals surface area (Å²) in [6.07, 6.45) is -3.13. The summed E-state index contributed by atoms with van der Waals surface area (Å²) in [5, 5.41) is 0.641. The predicted molar refractivity (Wildman–Crippen MR) is 77.5 cm³/mol. The average Bonchev–Trinajstić information content (AvgIpc) is 2.35. The first-order chi connectivity index (χ1) is 9.43. The number of nitrogens with two attached hydrogens (primary N) is 1. The first-order valence-corrected chi connectivity index (χ1v) is 6.09. The van der Waals surface area contributed by atoms with Crippen molar-refractivity contribution in [3.05, 3.63) is 30.0 Å². The van der Waals surface area contributed by atoms with E-state index in [-0.39, 0.29) is 18.2 Å². The third-order valence-corrected chi connectivity index (χ3v) is 2.73. The van der Waals surface area contributed by atoms with Gasteiger partial charge in [0.15, 0.2) is 0 Å². The second kappa shape index (κ2) is 6.82. The molecule has 0 aliphatic carbocycles. The van der Waals surface area contributed by atoms with Crippen LogP contribution in [0.2, 0.25) is 0 Å².